The first-order valence-electron chi connectivity index (χ1n) is 13.7. The molecule has 41 heavy (non-hydrogen) atoms. The number of carbonyl (C=O) groups excluding carboxylic acids is 1. The molecule has 0 aliphatic carbocycles. The Morgan fingerprint density at radius 3 is 2.71 bits per heavy atom. The molecule has 9 nitrogen and oxygen atoms in total. The number of hydrogen-bond acceptors (Lipinski definition) is 7. The molecule has 0 saturated carbocycles. The third kappa shape index (κ3) is 5.36. The van der Waals surface area contributed by atoms with Crippen LogP contribution in [-0.4, -0.2) is 76.3 Å². The zero-order valence-electron chi connectivity index (χ0n) is 22.7. The summed E-state index contributed by atoms with van der Waals surface area (Å²) in [6.07, 6.45) is -2.09. The van der Waals surface area contributed by atoms with Gasteiger partial charge in [0.05, 0.1) is 38.0 Å². The van der Waals surface area contributed by atoms with Gasteiger partial charge in [-0.3, -0.25) is 9.69 Å². The van der Waals surface area contributed by atoms with Crippen LogP contribution in [0.3, 0.4) is 0 Å². The fourth-order valence-electron chi connectivity index (χ4n) is 6.01. The van der Waals surface area contributed by atoms with E-state index in [9.17, 15) is 23.1 Å². The Hall–Kier alpha value is -3.32. The molecular weight excluding hydrogens is 539 g/mol. The van der Waals surface area contributed by atoms with E-state index in [1.165, 1.54) is 11.0 Å². The molecule has 2 fully saturated rings. The van der Waals surface area contributed by atoms with Crippen LogP contribution in [0.15, 0.2) is 42.7 Å². The number of aryl methyl sites for hydroxylation is 1. The predicted molar refractivity (Wildman–Crippen MR) is 142 cm³/mol. The van der Waals surface area contributed by atoms with E-state index in [-0.39, 0.29) is 42.3 Å². The summed E-state index contributed by atoms with van der Waals surface area (Å²) in [5.74, 6) is 0.352. The van der Waals surface area contributed by atoms with Crippen molar-refractivity contribution in [2.45, 2.75) is 43.6 Å². The summed E-state index contributed by atoms with van der Waals surface area (Å²) in [4.78, 5) is 17.1. The van der Waals surface area contributed by atoms with Gasteiger partial charge in [-0.15, -0.1) is 10.2 Å². The molecule has 4 heterocycles. The standard InChI is InChI=1S/C29H32F3N5O4/c1-35-18-33-34-26(35)12-28(16-40-17-28)20-3-2-4-21(11-20)37-15-24-23(27(37)39)9-19(10-25(24)29(30,31)32)13-36-6-8-41-22(14-36)5-7-38/h2-4,9-11,18,22,38H,5-8,12-17H2,1H3. The first-order chi connectivity index (χ1) is 19.7. The fourth-order valence-corrected chi connectivity index (χ4v) is 6.01. The number of amides is 1. The van der Waals surface area contributed by atoms with Crippen molar-refractivity contribution in [3.05, 3.63) is 76.4 Å². The quantitative estimate of drug-likeness (QED) is 0.444. The van der Waals surface area contributed by atoms with Gasteiger partial charge in [0.1, 0.15) is 12.2 Å². The van der Waals surface area contributed by atoms with Gasteiger partial charge in [0.15, 0.2) is 0 Å². The lowest BCUT2D eigenvalue weighted by Gasteiger charge is -2.42. The van der Waals surface area contributed by atoms with Crippen molar-refractivity contribution in [3.8, 4) is 0 Å². The summed E-state index contributed by atoms with van der Waals surface area (Å²) in [6.45, 7) is 2.53. The van der Waals surface area contributed by atoms with E-state index in [2.05, 4.69) is 10.2 Å². The number of hydrogen-bond donors (Lipinski definition) is 1. The van der Waals surface area contributed by atoms with Crippen LogP contribution in [-0.2, 0) is 47.6 Å². The number of benzene rings is 2. The van der Waals surface area contributed by atoms with Crippen molar-refractivity contribution in [1.29, 1.82) is 0 Å². The molecule has 6 rings (SSSR count). The number of aromatic nitrogens is 3. The van der Waals surface area contributed by atoms with Gasteiger partial charge in [-0.25, -0.2) is 0 Å². The van der Waals surface area contributed by atoms with Crippen LogP contribution < -0.4 is 4.90 Å². The van der Waals surface area contributed by atoms with Gasteiger partial charge in [-0.05, 0) is 47.4 Å². The number of aliphatic hydroxyl groups is 1. The third-order valence-corrected chi connectivity index (χ3v) is 8.32. The lowest BCUT2D eigenvalue weighted by molar-refractivity contribution is -0.138. The number of morpholine rings is 1. The number of ether oxygens (including phenoxy) is 2. The first kappa shape index (κ1) is 27.8. The van der Waals surface area contributed by atoms with E-state index >= 15 is 0 Å². The van der Waals surface area contributed by atoms with Crippen LogP contribution in [0.4, 0.5) is 18.9 Å². The number of nitrogens with zero attached hydrogens (tertiary/aromatic N) is 5. The average molecular weight is 572 g/mol. The molecule has 2 aromatic carbocycles. The van der Waals surface area contributed by atoms with Gasteiger partial charge < -0.3 is 24.0 Å². The van der Waals surface area contributed by atoms with E-state index in [0.29, 0.717) is 57.0 Å². The van der Waals surface area contributed by atoms with Crippen LogP contribution in [0.2, 0.25) is 0 Å². The molecule has 1 unspecified atom stereocenters. The molecule has 0 radical (unpaired) electrons. The molecule has 3 aliphatic rings. The van der Waals surface area contributed by atoms with Crippen molar-refractivity contribution in [2.75, 3.05) is 44.4 Å². The lowest BCUT2D eigenvalue weighted by Crippen LogP contribution is -2.49. The number of anilines is 1. The van der Waals surface area contributed by atoms with Crippen molar-refractivity contribution in [2.24, 2.45) is 7.05 Å². The highest BCUT2D eigenvalue weighted by Crippen LogP contribution is 2.41. The predicted octanol–water partition coefficient (Wildman–Crippen LogP) is 3.09. The first-order valence-corrected chi connectivity index (χ1v) is 13.7. The molecule has 1 aromatic heterocycles. The van der Waals surface area contributed by atoms with Crippen LogP contribution in [0.5, 0.6) is 0 Å². The maximum Gasteiger partial charge on any atom is 0.416 e. The summed E-state index contributed by atoms with van der Waals surface area (Å²) in [5, 5.41) is 17.4. The highest BCUT2D eigenvalue weighted by atomic mass is 19.4. The number of halogens is 3. The van der Waals surface area contributed by atoms with Gasteiger partial charge >= 0.3 is 6.18 Å². The number of aliphatic hydroxyl groups excluding tert-OH is 1. The second kappa shape index (κ2) is 10.8. The highest BCUT2D eigenvalue weighted by Gasteiger charge is 2.43. The Kier molecular flexibility index (Phi) is 7.35. The lowest BCUT2D eigenvalue weighted by atomic mass is 9.75. The maximum atomic E-state index is 14.3. The summed E-state index contributed by atoms with van der Waals surface area (Å²) in [6, 6.07) is 10.2. The van der Waals surface area contributed by atoms with E-state index in [0.717, 1.165) is 11.4 Å². The molecule has 1 N–H and O–H groups in total. The van der Waals surface area contributed by atoms with Crippen molar-refractivity contribution in [1.82, 2.24) is 19.7 Å². The van der Waals surface area contributed by atoms with Crippen molar-refractivity contribution >= 4 is 11.6 Å². The number of fused-ring (bicyclic) bond motifs is 1. The second-order valence-corrected chi connectivity index (χ2v) is 11.2. The second-order valence-electron chi connectivity index (χ2n) is 11.2. The van der Waals surface area contributed by atoms with Crippen LogP contribution in [0, 0.1) is 0 Å². The molecule has 1 amide bonds. The topological polar surface area (TPSA) is 93.0 Å². The van der Waals surface area contributed by atoms with Gasteiger partial charge in [-0.2, -0.15) is 13.2 Å². The van der Waals surface area contributed by atoms with Gasteiger partial charge in [0.2, 0.25) is 0 Å². The van der Waals surface area contributed by atoms with Crippen LogP contribution >= 0.6 is 0 Å². The van der Waals surface area contributed by atoms with Gasteiger partial charge in [0.25, 0.3) is 5.91 Å². The zero-order chi connectivity index (χ0) is 28.8. The molecule has 1 atom stereocenters. The number of carbonyl (C=O) groups is 1. The van der Waals surface area contributed by atoms with Gasteiger partial charge in [0, 0.05) is 56.4 Å². The third-order valence-electron chi connectivity index (χ3n) is 8.32. The Labute approximate surface area is 235 Å². The minimum absolute atomic E-state index is 0.00226. The molecule has 0 bridgehead atoms. The fraction of sp³-hybridized carbons (Fsp3) is 0.483. The molecule has 3 aromatic rings. The van der Waals surface area contributed by atoms with Crippen LogP contribution in [0.25, 0.3) is 0 Å². The Bertz CT molecular complexity index is 1440. The molecule has 12 heteroatoms. The summed E-state index contributed by atoms with van der Waals surface area (Å²) in [7, 11) is 1.87. The number of rotatable bonds is 8. The summed E-state index contributed by atoms with van der Waals surface area (Å²) < 4.78 is 55.9. The maximum absolute atomic E-state index is 14.3. The highest BCUT2D eigenvalue weighted by molar-refractivity contribution is 6.10. The largest absolute Gasteiger partial charge is 0.416 e. The molecule has 2 saturated heterocycles. The average Bonchev–Trinajstić information content (AvgIpc) is 3.48. The Morgan fingerprint density at radius 1 is 1.20 bits per heavy atom. The summed E-state index contributed by atoms with van der Waals surface area (Å²) in [5.41, 5.74) is 0.862. The Morgan fingerprint density at radius 2 is 2.02 bits per heavy atom. The SMILES string of the molecule is Cn1cnnc1CC1(c2cccc(N3Cc4c(cc(CN5CCOC(CCO)C5)cc4C(F)(F)F)C3=O)c2)COC1. The van der Waals surface area contributed by atoms with Crippen molar-refractivity contribution in [3.63, 3.8) is 0 Å². The van der Waals surface area contributed by atoms with Crippen LogP contribution in [0.1, 0.15) is 44.9 Å². The minimum Gasteiger partial charge on any atom is -0.396 e. The van der Waals surface area contributed by atoms with Gasteiger partial charge in [-0.1, -0.05) is 12.1 Å². The van der Waals surface area contributed by atoms with E-state index in [1.807, 2.05) is 34.7 Å². The number of alkyl halides is 3. The minimum atomic E-state index is -4.61. The smallest absolute Gasteiger partial charge is 0.396 e. The van der Waals surface area contributed by atoms with E-state index in [4.69, 9.17) is 9.47 Å². The Balaban J connectivity index is 1.28. The molecule has 3 aliphatic heterocycles. The normalized spacial score (nSPS) is 20.8. The van der Waals surface area contributed by atoms with E-state index in [1.54, 1.807) is 18.5 Å². The molecular formula is C29H32F3N5O4. The van der Waals surface area contributed by atoms with E-state index < -0.39 is 17.6 Å². The van der Waals surface area contributed by atoms with Crippen molar-refractivity contribution < 1.29 is 32.5 Å². The molecule has 218 valence electrons. The molecule has 0 spiro atoms. The summed E-state index contributed by atoms with van der Waals surface area (Å²) >= 11 is 0. The zero-order valence-corrected chi connectivity index (χ0v) is 22.7. The monoisotopic (exact) mass is 571 g/mol.